The predicted molar refractivity (Wildman–Crippen MR) is 103 cm³/mol. The maximum absolute atomic E-state index is 13.1. The lowest BCUT2D eigenvalue weighted by Gasteiger charge is -2.27. The predicted octanol–water partition coefficient (Wildman–Crippen LogP) is 3.05. The largest absolute Gasteiger partial charge is 0.489 e. The summed E-state index contributed by atoms with van der Waals surface area (Å²) in [6.07, 6.45) is 0. The zero-order valence-electron chi connectivity index (χ0n) is 14.8. The van der Waals surface area contributed by atoms with Crippen molar-refractivity contribution < 1.29 is 9.13 Å². The molecule has 0 atom stereocenters. The van der Waals surface area contributed by atoms with E-state index in [1.54, 1.807) is 6.07 Å². The average Bonchev–Trinajstić information content (AvgIpc) is 2.66. The Bertz CT molecular complexity index is 707. The molecule has 4 nitrogen and oxygen atoms in total. The van der Waals surface area contributed by atoms with E-state index >= 15 is 0 Å². The van der Waals surface area contributed by atoms with Crippen LogP contribution < -0.4 is 15.4 Å². The summed E-state index contributed by atoms with van der Waals surface area (Å²) < 4.78 is 18.9. The van der Waals surface area contributed by atoms with E-state index in [0.717, 1.165) is 57.1 Å². The van der Waals surface area contributed by atoms with Crippen molar-refractivity contribution in [2.75, 3.05) is 39.3 Å². The second-order valence-corrected chi connectivity index (χ2v) is 6.85. The van der Waals surface area contributed by atoms with Crippen molar-refractivity contribution >= 4 is 11.6 Å². The van der Waals surface area contributed by atoms with Gasteiger partial charge in [0.15, 0.2) is 0 Å². The molecular weight excluding hydrogens is 353 g/mol. The molecule has 6 heteroatoms. The Balaban J connectivity index is 1.43. The van der Waals surface area contributed by atoms with Crippen molar-refractivity contribution in [3.8, 4) is 5.75 Å². The molecular formula is C20H25ClFN3O. The highest BCUT2D eigenvalue weighted by Gasteiger charge is 2.08. The third-order valence-corrected chi connectivity index (χ3v) is 4.80. The van der Waals surface area contributed by atoms with Gasteiger partial charge in [-0.05, 0) is 29.8 Å². The number of piperazine rings is 1. The minimum Gasteiger partial charge on any atom is -0.489 e. The lowest BCUT2D eigenvalue weighted by atomic mass is 10.2. The van der Waals surface area contributed by atoms with Gasteiger partial charge in [0.2, 0.25) is 0 Å². The summed E-state index contributed by atoms with van der Waals surface area (Å²) in [4.78, 5) is 2.47. The molecule has 3 rings (SSSR count). The number of nitrogens with zero attached hydrogens (tertiary/aromatic N) is 1. The van der Waals surface area contributed by atoms with Gasteiger partial charge in [-0.3, -0.25) is 4.90 Å². The van der Waals surface area contributed by atoms with Gasteiger partial charge in [-0.25, -0.2) is 4.39 Å². The molecule has 0 bridgehead atoms. The summed E-state index contributed by atoms with van der Waals surface area (Å²) in [6, 6.07) is 12.4. The van der Waals surface area contributed by atoms with Gasteiger partial charge in [-0.2, -0.15) is 0 Å². The van der Waals surface area contributed by atoms with Crippen molar-refractivity contribution in [3.05, 3.63) is 64.4 Å². The Hall–Kier alpha value is -1.66. The van der Waals surface area contributed by atoms with Gasteiger partial charge >= 0.3 is 0 Å². The Kier molecular flexibility index (Phi) is 7.26. The molecule has 0 spiro atoms. The molecule has 0 unspecified atom stereocenters. The monoisotopic (exact) mass is 377 g/mol. The molecule has 1 aliphatic heterocycles. The lowest BCUT2D eigenvalue weighted by Crippen LogP contribution is -2.45. The van der Waals surface area contributed by atoms with Crippen LogP contribution in [0.15, 0.2) is 42.5 Å². The van der Waals surface area contributed by atoms with Crippen molar-refractivity contribution in [1.29, 1.82) is 0 Å². The Morgan fingerprint density at radius 1 is 1.15 bits per heavy atom. The summed E-state index contributed by atoms with van der Waals surface area (Å²) in [5.41, 5.74) is 1.95. The van der Waals surface area contributed by atoms with Crippen LogP contribution in [0, 0.1) is 5.82 Å². The molecule has 2 aromatic rings. The number of ether oxygens (including phenoxy) is 1. The first-order chi connectivity index (χ1) is 12.7. The fraction of sp³-hybridized carbons (Fsp3) is 0.400. The van der Waals surface area contributed by atoms with Crippen LogP contribution in [-0.4, -0.2) is 44.2 Å². The molecule has 1 aliphatic rings. The van der Waals surface area contributed by atoms with Gasteiger partial charge < -0.3 is 15.4 Å². The fourth-order valence-corrected chi connectivity index (χ4v) is 3.17. The first-order valence-corrected chi connectivity index (χ1v) is 9.38. The highest BCUT2D eigenvalue weighted by molar-refractivity contribution is 6.31. The molecule has 2 aromatic carbocycles. The van der Waals surface area contributed by atoms with Crippen LogP contribution >= 0.6 is 11.6 Å². The first-order valence-electron chi connectivity index (χ1n) is 9.00. The molecule has 0 radical (unpaired) electrons. The van der Waals surface area contributed by atoms with Crippen molar-refractivity contribution in [3.63, 3.8) is 0 Å². The molecule has 0 amide bonds. The van der Waals surface area contributed by atoms with E-state index in [4.69, 9.17) is 16.3 Å². The van der Waals surface area contributed by atoms with Crippen LogP contribution in [0.5, 0.6) is 5.75 Å². The number of halogens is 2. The van der Waals surface area contributed by atoms with Crippen LogP contribution in [0.2, 0.25) is 5.02 Å². The molecule has 1 saturated heterocycles. The summed E-state index contributed by atoms with van der Waals surface area (Å²) >= 11 is 6.04. The van der Waals surface area contributed by atoms with E-state index < -0.39 is 0 Å². The summed E-state index contributed by atoms with van der Waals surface area (Å²) in [6.45, 7) is 7.57. The number of nitrogens with one attached hydrogen (secondary N) is 2. The Morgan fingerprint density at radius 2 is 2.00 bits per heavy atom. The van der Waals surface area contributed by atoms with Gasteiger partial charge in [-0.1, -0.05) is 29.8 Å². The summed E-state index contributed by atoms with van der Waals surface area (Å²) in [7, 11) is 0. The van der Waals surface area contributed by atoms with Crippen LogP contribution in [-0.2, 0) is 13.2 Å². The minimum absolute atomic E-state index is 0.318. The van der Waals surface area contributed by atoms with Crippen LogP contribution in [0.4, 0.5) is 4.39 Å². The minimum atomic E-state index is -0.340. The van der Waals surface area contributed by atoms with E-state index in [1.165, 1.54) is 17.7 Å². The van der Waals surface area contributed by atoms with E-state index in [9.17, 15) is 4.39 Å². The number of benzene rings is 2. The van der Waals surface area contributed by atoms with E-state index in [1.807, 2.05) is 18.2 Å². The standard InChI is InChI=1S/C20H25ClFN3O/c21-20-13-18(22)5-4-17(20)15-26-19-3-1-2-16(12-19)14-24-8-11-25-9-6-23-7-10-25/h1-5,12-13,23-24H,6-11,14-15H2. The maximum atomic E-state index is 13.1. The van der Waals surface area contributed by atoms with Gasteiger partial charge in [0.05, 0.1) is 5.02 Å². The number of hydrogen-bond donors (Lipinski definition) is 2. The highest BCUT2D eigenvalue weighted by atomic mass is 35.5. The van der Waals surface area contributed by atoms with E-state index in [0.29, 0.717) is 11.6 Å². The van der Waals surface area contributed by atoms with Gasteiger partial charge in [0.1, 0.15) is 18.2 Å². The van der Waals surface area contributed by atoms with Gasteiger partial charge in [0.25, 0.3) is 0 Å². The molecule has 1 fully saturated rings. The maximum Gasteiger partial charge on any atom is 0.124 e. The number of hydrogen-bond acceptors (Lipinski definition) is 4. The van der Waals surface area contributed by atoms with Crippen LogP contribution in [0.25, 0.3) is 0 Å². The SMILES string of the molecule is Fc1ccc(COc2cccc(CNCCN3CCNCC3)c2)c(Cl)c1. The normalized spacial score (nSPS) is 15.2. The van der Waals surface area contributed by atoms with Crippen LogP contribution in [0.1, 0.15) is 11.1 Å². The molecule has 2 N–H and O–H groups in total. The lowest BCUT2D eigenvalue weighted by molar-refractivity contribution is 0.241. The van der Waals surface area contributed by atoms with Crippen molar-refractivity contribution in [2.24, 2.45) is 0 Å². The molecule has 1 heterocycles. The molecule has 0 aromatic heterocycles. The second kappa shape index (κ2) is 9.88. The average molecular weight is 378 g/mol. The molecule has 26 heavy (non-hydrogen) atoms. The molecule has 140 valence electrons. The van der Waals surface area contributed by atoms with E-state index in [-0.39, 0.29) is 5.82 Å². The molecule has 0 aliphatic carbocycles. The Morgan fingerprint density at radius 3 is 2.81 bits per heavy atom. The van der Waals surface area contributed by atoms with Crippen molar-refractivity contribution in [1.82, 2.24) is 15.5 Å². The zero-order chi connectivity index (χ0) is 18.2. The summed E-state index contributed by atoms with van der Waals surface area (Å²) in [5.74, 6) is 0.444. The van der Waals surface area contributed by atoms with Crippen LogP contribution in [0.3, 0.4) is 0 Å². The van der Waals surface area contributed by atoms with Crippen molar-refractivity contribution in [2.45, 2.75) is 13.2 Å². The topological polar surface area (TPSA) is 36.5 Å². The third-order valence-electron chi connectivity index (χ3n) is 4.45. The Labute approximate surface area is 159 Å². The highest BCUT2D eigenvalue weighted by Crippen LogP contribution is 2.20. The number of rotatable bonds is 8. The molecule has 0 saturated carbocycles. The fourth-order valence-electron chi connectivity index (χ4n) is 2.95. The van der Waals surface area contributed by atoms with Gasteiger partial charge in [0, 0.05) is 51.4 Å². The smallest absolute Gasteiger partial charge is 0.124 e. The second-order valence-electron chi connectivity index (χ2n) is 6.44. The first kappa shape index (κ1) is 19.1. The summed E-state index contributed by atoms with van der Waals surface area (Å²) in [5, 5.41) is 7.23. The van der Waals surface area contributed by atoms with E-state index in [2.05, 4.69) is 21.6 Å². The zero-order valence-corrected chi connectivity index (χ0v) is 15.6. The third kappa shape index (κ3) is 5.95. The quantitative estimate of drug-likeness (QED) is 0.693. The van der Waals surface area contributed by atoms with Gasteiger partial charge in [-0.15, -0.1) is 0 Å².